The fraction of sp³-hybridized carbons (Fsp3) is 0.286. The van der Waals surface area contributed by atoms with Gasteiger partial charge in [0.15, 0.2) is 0 Å². The number of benzene rings is 3. The van der Waals surface area contributed by atoms with Crippen LogP contribution in [0.2, 0.25) is 0 Å². The van der Waals surface area contributed by atoms with E-state index in [1.165, 1.54) is 24.0 Å². The number of anilines is 2. The third-order valence-corrected chi connectivity index (χ3v) is 6.64. The lowest BCUT2D eigenvalue weighted by molar-refractivity contribution is 0.386. The Balaban J connectivity index is 1.44. The summed E-state index contributed by atoms with van der Waals surface area (Å²) in [5, 5.41) is 4.71. The molecule has 3 heteroatoms. The molecular weight excluding hydrogens is 378 g/mol. The number of hydrogen-bond donors (Lipinski definition) is 1. The Morgan fingerprint density at radius 2 is 1.42 bits per heavy atom. The second-order valence-corrected chi connectivity index (χ2v) is 8.54. The summed E-state index contributed by atoms with van der Waals surface area (Å²) in [5.74, 6) is 2.99. The molecule has 1 N–H and O–H groups in total. The minimum absolute atomic E-state index is 0.423. The molecule has 5 rings (SSSR count). The maximum Gasteiger partial charge on any atom is 0.142 e. The zero-order valence-corrected chi connectivity index (χ0v) is 18.1. The predicted octanol–water partition coefficient (Wildman–Crippen LogP) is 7.38. The lowest BCUT2D eigenvalue weighted by Crippen LogP contribution is -2.15. The second kappa shape index (κ2) is 8.89. The zero-order chi connectivity index (χ0) is 21.0. The average Bonchev–Trinajstić information content (AvgIpc) is 2.85. The lowest BCUT2D eigenvalue weighted by atomic mass is 9.78. The molecular formula is C28H29N3. The number of aromatic nitrogens is 2. The number of hydrogen-bond acceptors (Lipinski definition) is 3. The molecule has 3 aromatic carbocycles. The van der Waals surface area contributed by atoms with Crippen molar-refractivity contribution in [2.24, 2.45) is 0 Å². The van der Waals surface area contributed by atoms with Gasteiger partial charge in [-0.05, 0) is 67.3 Å². The van der Waals surface area contributed by atoms with Gasteiger partial charge in [-0.3, -0.25) is 0 Å². The molecule has 1 aliphatic carbocycles. The second-order valence-electron chi connectivity index (χ2n) is 8.54. The first-order valence-corrected chi connectivity index (χ1v) is 11.5. The van der Waals surface area contributed by atoms with E-state index in [0.29, 0.717) is 11.8 Å². The van der Waals surface area contributed by atoms with E-state index in [9.17, 15) is 0 Å². The Labute approximate surface area is 184 Å². The monoisotopic (exact) mass is 407 g/mol. The molecule has 4 aromatic rings. The van der Waals surface area contributed by atoms with Gasteiger partial charge in [-0.2, -0.15) is 0 Å². The van der Waals surface area contributed by atoms with Crippen molar-refractivity contribution in [1.29, 1.82) is 0 Å². The van der Waals surface area contributed by atoms with Gasteiger partial charge in [0.1, 0.15) is 11.6 Å². The summed E-state index contributed by atoms with van der Waals surface area (Å²) in [7, 11) is 0. The molecule has 0 atom stereocenters. The maximum atomic E-state index is 5.07. The summed E-state index contributed by atoms with van der Waals surface area (Å²) in [6, 6.07) is 27.8. The van der Waals surface area contributed by atoms with Crippen LogP contribution in [0.4, 0.5) is 11.5 Å². The van der Waals surface area contributed by atoms with Crippen molar-refractivity contribution in [2.45, 2.75) is 50.9 Å². The highest BCUT2D eigenvalue weighted by atomic mass is 15.0. The van der Waals surface area contributed by atoms with Crippen LogP contribution in [-0.2, 0) is 6.42 Å². The smallest absolute Gasteiger partial charge is 0.142 e. The van der Waals surface area contributed by atoms with Gasteiger partial charge in [-0.1, -0.05) is 67.6 Å². The van der Waals surface area contributed by atoms with Crippen LogP contribution >= 0.6 is 0 Å². The van der Waals surface area contributed by atoms with Crippen LogP contribution in [0.25, 0.3) is 10.9 Å². The molecule has 0 unspecified atom stereocenters. The van der Waals surface area contributed by atoms with E-state index in [0.717, 1.165) is 47.5 Å². The standard InChI is InChI=1S/C28H29N3/c1-2-20-10-6-8-14-25(20)29-28-24-13-7-9-15-26(24)30-27(31-28)23-18-16-22(17-19-23)21-11-4-3-5-12-21/h3-15,22-23H,2,16-19H2,1H3,(H,29,30,31). The number of fused-ring (bicyclic) bond motifs is 1. The quantitative estimate of drug-likeness (QED) is 0.375. The van der Waals surface area contributed by atoms with Crippen molar-refractivity contribution in [2.75, 3.05) is 5.32 Å². The summed E-state index contributed by atoms with van der Waals surface area (Å²) >= 11 is 0. The lowest BCUT2D eigenvalue weighted by Gasteiger charge is -2.28. The van der Waals surface area contributed by atoms with Crippen LogP contribution in [0.1, 0.15) is 61.4 Å². The summed E-state index contributed by atoms with van der Waals surface area (Å²) in [5.41, 5.74) is 4.93. The van der Waals surface area contributed by atoms with Gasteiger partial charge in [0, 0.05) is 17.0 Å². The Morgan fingerprint density at radius 3 is 2.23 bits per heavy atom. The minimum Gasteiger partial charge on any atom is -0.339 e. The van der Waals surface area contributed by atoms with E-state index in [1.807, 2.05) is 0 Å². The topological polar surface area (TPSA) is 37.8 Å². The van der Waals surface area contributed by atoms with Crippen LogP contribution in [0.15, 0.2) is 78.9 Å². The van der Waals surface area contributed by atoms with Gasteiger partial charge in [0.2, 0.25) is 0 Å². The molecule has 0 amide bonds. The number of rotatable bonds is 5. The van der Waals surface area contributed by atoms with E-state index in [1.54, 1.807) is 0 Å². The Morgan fingerprint density at radius 1 is 0.742 bits per heavy atom. The first-order valence-electron chi connectivity index (χ1n) is 11.5. The number of nitrogens with zero attached hydrogens (tertiary/aromatic N) is 2. The van der Waals surface area contributed by atoms with Gasteiger partial charge >= 0.3 is 0 Å². The van der Waals surface area contributed by atoms with Gasteiger partial charge in [0.25, 0.3) is 0 Å². The van der Waals surface area contributed by atoms with Crippen LogP contribution in [0.3, 0.4) is 0 Å². The van der Waals surface area contributed by atoms with Crippen LogP contribution in [0.5, 0.6) is 0 Å². The molecule has 156 valence electrons. The van der Waals surface area contributed by atoms with Crippen molar-refractivity contribution in [3.63, 3.8) is 0 Å². The normalized spacial score (nSPS) is 18.7. The predicted molar refractivity (Wildman–Crippen MR) is 129 cm³/mol. The van der Waals surface area contributed by atoms with Crippen molar-refractivity contribution < 1.29 is 0 Å². The third kappa shape index (κ3) is 4.18. The van der Waals surface area contributed by atoms with Crippen molar-refractivity contribution in [3.8, 4) is 0 Å². The zero-order valence-electron chi connectivity index (χ0n) is 18.1. The molecule has 0 spiro atoms. The highest BCUT2D eigenvalue weighted by Gasteiger charge is 2.26. The highest BCUT2D eigenvalue weighted by Crippen LogP contribution is 2.40. The van der Waals surface area contributed by atoms with Crippen molar-refractivity contribution >= 4 is 22.4 Å². The molecule has 1 aromatic heterocycles. The summed E-state index contributed by atoms with van der Waals surface area (Å²) in [4.78, 5) is 10.1. The van der Waals surface area contributed by atoms with E-state index >= 15 is 0 Å². The van der Waals surface area contributed by atoms with E-state index in [4.69, 9.17) is 9.97 Å². The molecule has 0 saturated heterocycles. The summed E-state index contributed by atoms with van der Waals surface area (Å²) in [6.45, 7) is 2.19. The fourth-order valence-corrected chi connectivity index (χ4v) is 4.86. The Kier molecular flexibility index (Phi) is 5.66. The number of aryl methyl sites for hydroxylation is 1. The molecule has 31 heavy (non-hydrogen) atoms. The molecule has 3 nitrogen and oxygen atoms in total. The van der Waals surface area contributed by atoms with E-state index in [2.05, 4.69) is 91.1 Å². The molecule has 1 aliphatic rings. The van der Waals surface area contributed by atoms with Crippen LogP contribution < -0.4 is 5.32 Å². The van der Waals surface area contributed by atoms with E-state index in [-0.39, 0.29) is 0 Å². The average molecular weight is 408 g/mol. The highest BCUT2D eigenvalue weighted by molar-refractivity contribution is 5.91. The first-order chi connectivity index (χ1) is 15.3. The summed E-state index contributed by atoms with van der Waals surface area (Å²) in [6.07, 6.45) is 5.67. The van der Waals surface area contributed by atoms with Crippen LogP contribution in [0, 0.1) is 0 Å². The SMILES string of the molecule is CCc1ccccc1Nc1nc(C2CCC(c3ccccc3)CC2)nc2ccccc12. The molecule has 1 fully saturated rings. The third-order valence-electron chi connectivity index (χ3n) is 6.64. The first kappa shape index (κ1) is 19.7. The van der Waals surface area contributed by atoms with E-state index < -0.39 is 0 Å². The molecule has 0 bridgehead atoms. The molecule has 1 saturated carbocycles. The van der Waals surface area contributed by atoms with Crippen LogP contribution in [-0.4, -0.2) is 9.97 Å². The number of para-hydroxylation sites is 2. The number of nitrogens with one attached hydrogen (secondary N) is 1. The van der Waals surface area contributed by atoms with Gasteiger partial charge in [0.05, 0.1) is 5.52 Å². The summed E-state index contributed by atoms with van der Waals surface area (Å²) < 4.78 is 0. The largest absolute Gasteiger partial charge is 0.339 e. The molecule has 1 heterocycles. The maximum absolute atomic E-state index is 5.07. The van der Waals surface area contributed by atoms with Gasteiger partial charge in [-0.25, -0.2) is 9.97 Å². The molecule has 0 radical (unpaired) electrons. The fourth-order valence-electron chi connectivity index (χ4n) is 4.86. The Bertz CT molecular complexity index is 1160. The van der Waals surface area contributed by atoms with Crippen molar-refractivity contribution in [3.05, 3.63) is 95.8 Å². The van der Waals surface area contributed by atoms with Gasteiger partial charge < -0.3 is 5.32 Å². The minimum atomic E-state index is 0.423. The Hall–Kier alpha value is -3.20. The molecule has 0 aliphatic heterocycles. The van der Waals surface area contributed by atoms with Crippen molar-refractivity contribution in [1.82, 2.24) is 9.97 Å². The van der Waals surface area contributed by atoms with Gasteiger partial charge in [-0.15, -0.1) is 0 Å².